The van der Waals surface area contributed by atoms with Gasteiger partial charge in [0.15, 0.2) is 0 Å². The van der Waals surface area contributed by atoms with Crippen molar-refractivity contribution in [1.29, 1.82) is 0 Å². The molecule has 0 saturated heterocycles. The second-order valence-electron chi connectivity index (χ2n) is 8.76. The highest BCUT2D eigenvalue weighted by molar-refractivity contribution is 5.73. The molecule has 0 amide bonds. The Labute approximate surface area is 212 Å². The standard InChI is InChI=1S/C19H24FN3O.2C2HF3O2/c20-18-3-1-2-16(8-18)9-22-10-17(14-24-13-15-4-5-15)11-23-19(12-22)6-7-21-23;2*3-2(4,5)1(6)7/h1-3,6-8,15,17H,4-5,9-14H2;2*(H,6,7). The lowest BCUT2D eigenvalue weighted by molar-refractivity contribution is -0.193. The minimum Gasteiger partial charge on any atom is -0.475 e. The summed E-state index contributed by atoms with van der Waals surface area (Å²) < 4.78 is 85.0. The van der Waals surface area contributed by atoms with Crippen LogP contribution in [0.25, 0.3) is 0 Å². The van der Waals surface area contributed by atoms with Crippen molar-refractivity contribution in [3.8, 4) is 0 Å². The summed E-state index contributed by atoms with van der Waals surface area (Å²) in [5.74, 6) is -4.48. The van der Waals surface area contributed by atoms with Crippen LogP contribution in [0.4, 0.5) is 30.7 Å². The number of fused-ring (bicyclic) bond motifs is 1. The van der Waals surface area contributed by atoms with Crippen LogP contribution in [-0.2, 0) is 34.0 Å². The minimum absolute atomic E-state index is 0.170. The molecule has 15 heteroatoms. The molecule has 2 heterocycles. The fourth-order valence-corrected chi connectivity index (χ4v) is 3.43. The van der Waals surface area contributed by atoms with E-state index in [2.05, 4.69) is 20.7 Å². The maximum absolute atomic E-state index is 13.5. The number of hydrogen-bond acceptors (Lipinski definition) is 5. The normalized spacial score (nSPS) is 17.7. The molecule has 2 aliphatic rings. The van der Waals surface area contributed by atoms with E-state index in [-0.39, 0.29) is 5.82 Å². The molecule has 8 nitrogen and oxygen atoms in total. The SMILES string of the molecule is Fc1cccc(CN2Cc3ccnn3CC(COCC3CC3)C2)c1.O=C(O)C(F)(F)F.O=C(O)C(F)(F)F. The summed E-state index contributed by atoms with van der Waals surface area (Å²) in [7, 11) is 0. The Hall–Kier alpha value is -3.20. The average molecular weight is 557 g/mol. The number of ether oxygens (including phenoxy) is 1. The number of aliphatic carboxylic acids is 2. The number of carboxylic acid groups (broad SMARTS) is 2. The van der Waals surface area contributed by atoms with Crippen LogP contribution in [0.3, 0.4) is 0 Å². The molecule has 2 aromatic rings. The van der Waals surface area contributed by atoms with Crippen molar-refractivity contribution in [3.63, 3.8) is 0 Å². The van der Waals surface area contributed by atoms with Gasteiger partial charge < -0.3 is 14.9 Å². The van der Waals surface area contributed by atoms with Gasteiger partial charge in [0, 0.05) is 44.9 Å². The fourth-order valence-electron chi connectivity index (χ4n) is 3.43. The molecule has 1 unspecified atom stereocenters. The molecule has 1 aliphatic heterocycles. The largest absolute Gasteiger partial charge is 0.490 e. The van der Waals surface area contributed by atoms with Crippen molar-refractivity contribution in [3.05, 3.63) is 53.6 Å². The molecule has 1 aromatic heterocycles. The van der Waals surface area contributed by atoms with Crippen molar-refractivity contribution in [2.24, 2.45) is 11.8 Å². The molecule has 1 atom stereocenters. The monoisotopic (exact) mass is 557 g/mol. The van der Waals surface area contributed by atoms with E-state index in [4.69, 9.17) is 24.5 Å². The van der Waals surface area contributed by atoms with Crippen LogP contribution in [0, 0.1) is 17.7 Å². The second-order valence-corrected chi connectivity index (χ2v) is 8.76. The van der Waals surface area contributed by atoms with E-state index in [1.54, 1.807) is 12.1 Å². The molecule has 1 aromatic carbocycles. The van der Waals surface area contributed by atoms with E-state index in [9.17, 15) is 30.7 Å². The number of halogens is 7. The van der Waals surface area contributed by atoms with Gasteiger partial charge in [-0.15, -0.1) is 0 Å². The van der Waals surface area contributed by atoms with Crippen LogP contribution in [0.2, 0.25) is 0 Å². The highest BCUT2D eigenvalue weighted by Gasteiger charge is 2.38. The van der Waals surface area contributed by atoms with Crippen LogP contribution in [0.15, 0.2) is 36.5 Å². The van der Waals surface area contributed by atoms with Crippen LogP contribution in [0.1, 0.15) is 24.1 Å². The summed E-state index contributed by atoms with van der Waals surface area (Å²) in [6.45, 7) is 5.11. The van der Waals surface area contributed by atoms with Crippen LogP contribution in [0.5, 0.6) is 0 Å². The quantitative estimate of drug-likeness (QED) is 0.509. The summed E-state index contributed by atoms with van der Waals surface area (Å²) >= 11 is 0. The van der Waals surface area contributed by atoms with Gasteiger partial charge >= 0.3 is 24.3 Å². The van der Waals surface area contributed by atoms with Crippen molar-refractivity contribution in [2.75, 3.05) is 19.8 Å². The van der Waals surface area contributed by atoms with E-state index in [0.717, 1.165) is 50.9 Å². The predicted molar refractivity (Wildman–Crippen MR) is 117 cm³/mol. The number of alkyl halides is 6. The maximum Gasteiger partial charge on any atom is 0.490 e. The highest BCUT2D eigenvalue weighted by Crippen LogP contribution is 2.29. The predicted octanol–water partition coefficient (Wildman–Crippen LogP) is 4.35. The Balaban J connectivity index is 0.000000301. The van der Waals surface area contributed by atoms with Gasteiger partial charge in [0.1, 0.15) is 5.82 Å². The van der Waals surface area contributed by atoms with Gasteiger partial charge in [0.25, 0.3) is 0 Å². The van der Waals surface area contributed by atoms with Crippen LogP contribution in [-0.4, -0.2) is 68.9 Å². The number of aromatic nitrogens is 2. The van der Waals surface area contributed by atoms with E-state index in [1.165, 1.54) is 24.6 Å². The van der Waals surface area contributed by atoms with E-state index in [1.807, 2.05) is 12.3 Å². The fraction of sp³-hybridized carbons (Fsp3) is 0.522. The van der Waals surface area contributed by atoms with Crippen molar-refractivity contribution in [1.82, 2.24) is 14.7 Å². The number of carboxylic acids is 2. The molecular weight excluding hydrogens is 531 g/mol. The van der Waals surface area contributed by atoms with E-state index >= 15 is 0 Å². The molecule has 0 spiro atoms. The number of hydrogen-bond donors (Lipinski definition) is 2. The van der Waals surface area contributed by atoms with Crippen LogP contribution >= 0.6 is 0 Å². The molecule has 212 valence electrons. The molecule has 1 aliphatic carbocycles. The first-order valence-electron chi connectivity index (χ1n) is 11.3. The van der Waals surface area contributed by atoms with E-state index < -0.39 is 24.3 Å². The summed E-state index contributed by atoms with van der Waals surface area (Å²) in [4.78, 5) is 20.2. The number of carbonyl (C=O) groups is 2. The van der Waals surface area contributed by atoms with Crippen LogP contribution < -0.4 is 0 Å². The van der Waals surface area contributed by atoms with Crippen molar-refractivity contribution < 1.29 is 55.3 Å². The van der Waals surface area contributed by atoms with Gasteiger partial charge in [-0.05, 0) is 42.5 Å². The first-order chi connectivity index (χ1) is 17.6. The summed E-state index contributed by atoms with van der Waals surface area (Å²) in [6.07, 6.45) is -5.66. The summed E-state index contributed by atoms with van der Waals surface area (Å²) in [5.41, 5.74) is 2.23. The van der Waals surface area contributed by atoms with Gasteiger partial charge in [0.05, 0.1) is 12.3 Å². The van der Waals surface area contributed by atoms with Gasteiger partial charge in [-0.25, -0.2) is 14.0 Å². The number of nitrogens with zero attached hydrogens (tertiary/aromatic N) is 3. The average Bonchev–Trinajstić information content (AvgIpc) is 3.55. The second kappa shape index (κ2) is 13.6. The lowest BCUT2D eigenvalue weighted by Crippen LogP contribution is -2.30. The minimum atomic E-state index is -5.08. The maximum atomic E-state index is 13.5. The van der Waals surface area contributed by atoms with Crippen molar-refractivity contribution >= 4 is 11.9 Å². The Morgan fingerprint density at radius 2 is 1.53 bits per heavy atom. The van der Waals surface area contributed by atoms with Gasteiger partial charge in [-0.2, -0.15) is 31.4 Å². The number of benzene rings is 1. The summed E-state index contributed by atoms with van der Waals surface area (Å²) in [6, 6.07) is 8.97. The molecule has 0 radical (unpaired) electrons. The third kappa shape index (κ3) is 11.5. The Bertz CT molecular complexity index is 1030. The molecule has 4 rings (SSSR count). The third-order valence-electron chi connectivity index (χ3n) is 5.32. The summed E-state index contributed by atoms with van der Waals surface area (Å²) in [5, 5.41) is 18.7. The van der Waals surface area contributed by atoms with Gasteiger partial charge in [-0.1, -0.05) is 12.1 Å². The Morgan fingerprint density at radius 3 is 2.05 bits per heavy atom. The Kier molecular flexibility index (Phi) is 11.1. The molecule has 0 bridgehead atoms. The third-order valence-corrected chi connectivity index (χ3v) is 5.32. The zero-order valence-corrected chi connectivity index (χ0v) is 19.9. The first-order valence-corrected chi connectivity index (χ1v) is 11.3. The van der Waals surface area contributed by atoms with Gasteiger partial charge in [-0.3, -0.25) is 9.58 Å². The lowest BCUT2D eigenvalue weighted by atomic mass is 10.1. The molecule has 38 heavy (non-hydrogen) atoms. The zero-order valence-electron chi connectivity index (χ0n) is 19.9. The van der Waals surface area contributed by atoms with Gasteiger partial charge in [0.2, 0.25) is 0 Å². The van der Waals surface area contributed by atoms with Crippen molar-refractivity contribution in [2.45, 2.75) is 44.8 Å². The molecule has 1 saturated carbocycles. The molecule has 2 N–H and O–H groups in total. The lowest BCUT2D eigenvalue weighted by Gasteiger charge is -2.24. The topological polar surface area (TPSA) is 105 Å². The highest BCUT2D eigenvalue weighted by atomic mass is 19.4. The number of rotatable bonds is 6. The molecular formula is C23H26F7N3O5. The zero-order chi connectivity index (χ0) is 28.5. The van der Waals surface area contributed by atoms with E-state index in [0.29, 0.717) is 5.92 Å². The Morgan fingerprint density at radius 1 is 0.947 bits per heavy atom. The first kappa shape index (κ1) is 31.0. The smallest absolute Gasteiger partial charge is 0.475 e. The molecule has 1 fully saturated rings.